The first-order chi connectivity index (χ1) is 9.15. The molecule has 6 heteroatoms. The average Bonchev–Trinajstić information content (AvgIpc) is 2.39. The van der Waals surface area contributed by atoms with Crippen LogP contribution in [0, 0.1) is 0 Å². The first kappa shape index (κ1) is 15.7. The molecule has 1 rings (SSSR count). The van der Waals surface area contributed by atoms with Crippen molar-refractivity contribution < 1.29 is 14.6 Å². The minimum absolute atomic E-state index is 0.0819. The van der Waals surface area contributed by atoms with Gasteiger partial charge >= 0.3 is 5.97 Å². The van der Waals surface area contributed by atoms with Crippen LogP contribution >= 0.6 is 11.6 Å². The van der Waals surface area contributed by atoms with Crippen molar-refractivity contribution in [2.45, 2.75) is 26.2 Å². The normalized spacial score (nSPS) is 10.4. The third-order valence-corrected chi connectivity index (χ3v) is 2.78. The van der Waals surface area contributed by atoms with Gasteiger partial charge in [0, 0.05) is 26.0 Å². The van der Waals surface area contributed by atoms with E-state index in [-0.39, 0.29) is 5.56 Å². The van der Waals surface area contributed by atoms with E-state index in [0.717, 1.165) is 25.9 Å². The Morgan fingerprint density at radius 1 is 1.47 bits per heavy atom. The van der Waals surface area contributed by atoms with Crippen LogP contribution in [0.5, 0.6) is 0 Å². The third-order valence-electron chi connectivity index (χ3n) is 2.49. The topological polar surface area (TPSA) is 71.5 Å². The minimum Gasteiger partial charge on any atom is -0.478 e. The van der Waals surface area contributed by atoms with Crippen molar-refractivity contribution in [2.75, 3.05) is 25.1 Å². The largest absolute Gasteiger partial charge is 0.478 e. The maximum Gasteiger partial charge on any atom is 0.337 e. The highest BCUT2D eigenvalue weighted by atomic mass is 35.5. The number of carbonyl (C=O) groups is 1. The summed E-state index contributed by atoms with van der Waals surface area (Å²) >= 11 is 5.94. The molecule has 5 nitrogen and oxygen atoms in total. The summed E-state index contributed by atoms with van der Waals surface area (Å²) in [5.41, 5.74) is 0.0819. The van der Waals surface area contributed by atoms with Crippen molar-refractivity contribution in [1.29, 1.82) is 0 Å². The first-order valence-electron chi connectivity index (χ1n) is 6.35. The SMILES string of the molecule is CCCCOCCCNc1ncc(C(=O)O)cc1Cl. The zero-order valence-electron chi connectivity index (χ0n) is 11.0. The third kappa shape index (κ3) is 5.89. The van der Waals surface area contributed by atoms with Gasteiger partial charge in [-0.2, -0.15) is 0 Å². The number of halogens is 1. The summed E-state index contributed by atoms with van der Waals surface area (Å²) in [7, 11) is 0. The molecule has 0 aliphatic heterocycles. The monoisotopic (exact) mass is 286 g/mol. The fourth-order valence-electron chi connectivity index (χ4n) is 1.41. The Bertz CT molecular complexity index is 413. The Morgan fingerprint density at radius 2 is 2.21 bits per heavy atom. The number of aromatic nitrogens is 1. The summed E-state index contributed by atoms with van der Waals surface area (Å²) in [6.07, 6.45) is 4.35. The molecule has 1 aromatic heterocycles. The summed E-state index contributed by atoms with van der Waals surface area (Å²) in [6.45, 7) is 4.30. The van der Waals surface area contributed by atoms with Crippen LogP contribution in [-0.4, -0.2) is 35.8 Å². The number of carboxylic acid groups (broad SMARTS) is 1. The Labute approximate surface area is 117 Å². The maximum absolute atomic E-state index is 10.7. The summed E-state index contributed by atoms with van der Waals surface area (Å²) in [6, 6.07) is 1.39. The Balaban J connectivity index is 2.28. The lowest BCUT2D eigenvalue weighted by Crippen LogP contribution is -2.08. The van der Waals surface area contributed by atoms with E-state index in [4.69, 9.17) is 21.4 Å². The van der Waals surface area contributed by atoms with Crippen LogP contribution in [0.1, 0.15) is 36.5 Å². The molecule has 0 atom stereocenters. The van der Waals surface area contributed by atoms with Gasteiger partial charge in [-0.3, -0.25) is 0 Å². The Hall–Kier alpha value is -1.33. The summed E-state index contributed by atoms with van der Waals surface area (Å²) in [4.78, 5) is 14.7. The molecule has 1 heterocycles. The van der Waals surface area contributed by atoms with E-state index >= 15 is 0 Å². The van der Waals surface area contributed by atoms with Gasteiger partial charge in [0.25, 0.3) is 0 Å². The van der Waals surface area contributed by atoms with E-state index in [2.05, 4.69) is 17.2 Å². The second-order valence-corrected chi connectivity index (χ2v) is 4.51. The van der Waals surface area contributed by atoms with Gasteiger partial charge in [0.2, 0.25) is 0 Å². The molecule has 0 fully saturated rings. The van der Waals surface area contributed by atoms with Crippen molar-refractivity contribution in [3.05, 3.63) is 22.8 Å². The molecule has 1 aromatic rings. The molecule has 0 aliphatic carbocycles. The lowest BCUT2D eigenvalue weighted by Gasteiger charge is -2.08. The maximum atomic E-state index is 10.7. The summed E-state index contributed by atoms with van der Waals surface area (Å²) < 4.78 is 5.42. The quantitative estimate of drug-likeness (QED) is 0.683. The molecule has 0 saturated carbocycles. The molecule has 2 N–H and O–H groups in total. The molecule has 19 heavy (non-hydrogen) atoms. The molecule has 0 spiro atoms. The second kappa shape index (κ2) is 8.72. The van der Waals surface area contributed by atoms with E-state index in [9.17, 15) is 4.79 Å². The molecule has 0 aromatic carbocycles. The fraction of sp³-hybridized carbons (Fsp3) is 0.538. The summed E-state index contributed by atoms with van der Waals surface area (Å²) in [5.74, 6) is -0.537. The molecule has 0 amide bonds. The van der Waals surface area contributed by atoms with Gasteiger partial charge in [-0.15, -0.1) is 0 Å². The van der Waals surface area contributed by atoms with E-state index in [1.165, 1.54) is 12.3 Å². The van der Waals surface area contributed by atoms with E-state index in [0.29, 0.717) is 24.0 Å². The van der Waals surface area contributed by atoms with Crippen LogP contribution in [-0.2, 0) is 4.74 Å². The lowest BCUT2D eigenvalue weighted by atomic mass is 10.3. The van der Waals surface area contributed by atoms with Gasteiger partial charge in [0.1, 0.15) is 5.82 Å². The standard InChI is InChI=1S/C13H19ClN2O3/c1-2-3-6-19-7-4-5-15-12-11(14)8-10(9-16-12)13(17)18/h8-9H,2-7H2,1H3,(H,15,16)(H,17,18). The predicted molar refractivity (Wildman–Crippen MR) is 75.0 cm³/mol. The van der Waals surface area contributed by atoms with Crippen molar-refractivity contribution in [3.63, 3.8) is 0 Å². The predicted octanol–water partition coefficient (Wildman–Crippen LogP) is 3.05. The van der Waals surface area contributed by atoms with E-state index in [1.807, 2.05) is 0 Å². The number of hydrogen-bond acceptors (Lipinski definition) is 4. The molecule has 0 saturated heterocycles. The van der Waals surface area contributed by atoms with Gasteiger partial charge < -0.3 is 15.2 Å². The number of anilines is 1. The van der Waals surface area contributed by atoms with Crippen molar-refractivity contribution in [3.8, 4) is 0 Å². The highest BCUT2D eigenvalue weighted by Gasteiger charge is 2.07. The number of rotatable bonds is 9. The second-order valence-electron chi connectivity index (χ2n) is 4.11. The minimum atomic E-state index is -1.04. The lowest BCUT2D eigenvalue weighted by molar-refractivity contribution is 0.0696. The van der Waals surface area contributed by atoms with Crippen molar-refractivity contribution in [1.82, 2.24) is 4.98 Å². The van der Waals surface area contributed by atoms with Crippen LogP contribution < -0.4 is 5.32 Å². The zero-order chi connectivity index (χ0) is 14.1. The number of pyridine rings is 1. The zero-order valence-corrected chi connectivity index (χ0v) is 11.7. The number of hydrogen-bond donors (Lipinski definition) is 2. The highest BCUT2D eigenvalue weighted by Crippen LogP contribution is 2.19. The van der Waals surface area contributed by atoms with Gasteiger partial charge in [-0.25, -0.2) is 9.78 Å². The number of unbranched alkanes of at least 4 members (excludes halogenated alkanes) is 1. The van der Waals surface area contributed by atoms with E-state index < -0.39 is 5.97 Å². The molecule has 0 aliphatic rings. The van der Waals surface area contributed by atoms with Crippen molar-refractivity contribution in [2.24, 2.45) is 0 Å². The van der Waals surface area contributed by atoms with Crippen LogP contribution in [0.15, 0.2) is 12.3 Å². The van der Waals surface area contributed by atoms with Crippen LogP contribution in [0.4, 0.5) is 5.82 Å². The van der Waals surface area contributed by atoms with Gasteiger partial charge in [-0.05, 0) is 18.9 Å². The van der Waals surface area contributed by atoms with Crippen LogP contribution in [0.3, 0.4) is 0 Å². The van der Waals surface area contributed by atoms with E-state index in [1.54, 1.807) is 0 Å². The molecular formula is C13H19ClN2O3. The van der Waals surface area contributed by atoms with Crippen LogP contribution in [0.2, 0.25) is 5.02 Å². The number of aromatic carboxylic acids is 1. The van der Waals surface area contributed by atoms with Gasteiger partial charge in [0.15, 0.2) is 0 Å². The molecular weight excluding hydrogens is 268 g/mol. The average molecular weight is 287 g/mol. The van der Waals surface area contributed by atoms with Crippen molar-refractivity contribution >= 4 is 23.4 Å². The summed E-state index contributed by atoms with van der Waals surface area (Å²) in [5, 5.41) is 12.1. The first-order valence-corrected chi connectivity index (χ1v) is 6.73. The number of carboxylic acids is 1. The highest BCUT2D eigenvalue weighted by molar-refractivity contribution is 6.33. The Kier molecular flexibility index (Phi) is 7.22. The van der Waals surface area contributed by atoms with Gasteiger partial charge in [-0.1, -0.05) is 24.9 Å². The molecule has 0 radical (unpaired) electrons. The fourth-order valence-corrected chi connectivity index (χ4v) is 1.65. The smallest absolute Gasteiger partial charge is 0.337 e. The number of nitrogens with one attached hydrogen (secondary N) is 1. The Morgan fingerprint density at radius 3 is 2.84 bits per heavy atom. The van der Waals surface area contributed by atoms with Crippen LogP contribution in [0.25, 0.3) is 0 Å². The molecule has 0 bridgehead atoms. The number of nitrogens with zero attached hydrogens (tertiary/aromatic N) is 1. The molecule has 106 valence electrons. The number of ether oxygens (including phenoxy) is 1. The molecule has 0 unspecified atom stereocenters. The van der Waals surface area contributed by atoms with Gasteiger partial charge in [0.05, 0.1) is 10.6 Å².